The van der Waals surface area contributed by atoms with Crippen LogP contribution in [0.15, 0.2) is 24.3 Å². The number of rotatable bonds is 2. The van der Waals surface area contributed by atoms with Crippen molar-refractivity contribution < 1.29 is 4.39 Å². The van der Waals surface area contributed by atoms with Crippen molar-refractivity contribution in [2.45, 2.75) is 20.4 Å². The van der Waals surface area contributed by atoms with Gasteiger partial charge in [0.2, 0.25) is 0 Å². The van der Waals surface area contributed by atoms with Gasteiger partial charge in [0.05, 0.1) is 17.3 Å². The third kappa shape index (κ3) is 2.09. The predicted molar refractivity (Wildman–Crippen MR) is 62.2 cm³/mol. The summed E-state index contributed by atoms with van der Waals surface area (Å²) in [6.07, 6.45) is 0. The molecule has 0 atom stereocenters. The van der Waals surface area contributed by atoms with E-state index in [-0.39, 0.29) is 10.8 Å². The molecule has 0 spiro atoms. The standard InChI is InChI=1S/C12H12ClFN2/c1-8-6-9(2)16(15-8)7-10-4-3-5-11(14)12(10)13/h3-6H,7H2,1-2H3. The van der Waals surface area contributed by atoms with E-state index >= 15 is 0 Å². The van der Waals surface area contributed by atoms with Crippen molar-refractivity contribution in [1.82, 2.24) is 9.78 Å². The lowest BCUT2D eigenvalue weighted by Gasteiger charge is -2.07. The highest BCUT2D eigenvalue weighted by Crippen LogP contribution is 2.20. The van der Waals surface area contributed by atoms with Gasteiger partial charge in [0, 0.05) is 5.69 Å². The lowest BCUT2D eigenvalue weighted by molar-refractivity contribution is 0.616. The van der Waals surface area contributed by atoms with Crippen molar-refractivity contribution in [2.75, 3.05) is 0 Å². The molecule has 1 aromatic carbocycles. The van der Waals surface area contributed by atoms with E-state index in [1.807, 2.05) is 30.7 Å². The van der Waals surface area contributed by atoms with Crippen molar-refractivity contribution in [3.63, 3.8) is 0 Å². The maximum Gasteiger partial charge on any atom is 0.142 e. The van der Waals surface area contributed by atoms with Crippen LogP contribution < -0.4 is 0 Å². The van der Waals surface area contributed by atoms with Crippen molar-refractivity contribution >= 4 is 11.6 Å². The van der Waals surface area contributed by atoms with Crippen molar-refractivity contribution in [2.24, 2.45) is 0 Å². The fourth-order valence-electron chi connectivity index (χ4n) is 1.67. The van der Waals surface area contributed by atoms with Gasteiger partial charge in [0.25, 0.3) is 0 Å². The van der Waals surface area contributed by atoms with Crippen LogP contribution in [0.3, 0.4) is 0 Å². The molecule has 2 rings (SSSR count). The molecule has 0 amide bonds. The average molecular weight is 239 g/mol. The van der Waals surface area contributed by atoms with Crippen LogP contribution in [-0.2, 0) is 6.54 Å². The molecule has 4 heteroatoms. The first kappa shape index (κ1) is 11.1. The van der Waals surface area contributed by atoms with Crippen LogP contribution >= 0.6 is 11.6 Å². The van der Waals surface area contributed by atoms with Gasteiger partial charge in [0.1, 0.15) is 5.82 Å². The summed E-state index contributed by atoms with van der Waals surface area (Å²) in [6, 6.07) is 6.80. The van der Waals surface area contributed by atoms with Crippen LogP contribution in [0.4, 0.5) is 4.39 Å². The number of hydrogen-bond donors (Lipinski definition) is 0. The molecule has 1 aromatic heterocycles. The van der Waals surface area contributed by atoms with Gasteiger partial charge >= 0.3 is 0 Å². The maximum absolute atomic E-state index is 13.2. The quantitative estimate of drug-likeness (QED) is 0.785. The second-order valence-electron chi connectivity index (χ2n) is 3.80. The van der Waals surface area contributed by atoms with Gasteiger partial charge in [-0.1, -0.05) is 23.7 Å². The second-order valence-corrected chi connectivity index (χ2v) is 4.18. The summed E-state index contributed by atoms with van der Waals surface area (Å²) < 4.78 is 15.0. The first-order valence-corrected chi connectivity index (χ1v) is 5.39. The van der Waals surface area contributed by atoms with Gasteiger partial charge in [-0.05, 0) is 31.5 Å². The first-order chi connectivity index (χ1) is 7.58. The fraction of sp³-hybridized carbons (Fsp3) is 0.250. The smallest absolute Gasteiger partial charge is 0.142 e. The molecule has 2 nitrogen and oxygen atoms in total. The van der Waals surface area contributed by atoms with E-state index in [0.717, 1.165) is 17.0 Å². The minimum Gasteiger partial charge on any atom is -0.265 e. The zero-order chi connectivity index (χ0) is 11.7. The largest absolute Gasteiger partial charge is 0.265 e. The number of aromatic nitrogens is 2. The third-order valence-corrected chi connectivity index (χ3v) is 2.88. The Hall–Kier alpha value is -1.35. The zero-order valence-electron chi connectivity index (χ0n) is 9.17. The first-order valence-electron chi connectivity index (χ1n) is 5.02. The second kappa shape index (κ2) is 4.26. The number of nitrogens with zero attached hydrogens (tertiary/aromatic N) is 2. The van der Waals surface area contributed by atoms with E-state index in [1.54, 1.807) is 6.07 Å². The molecule has 0 radical (unpaired) electrons. The van der Waals surface area contributed by atoms with Gasteiger partial charge in [-0.15, -0.1) is 0 Å². The summed E-state index contributed by atoms with van der Waals surface area (Å²) in [5.41, 5.74) is 2.73. The van der Waals surface area contributed by atoms with E-state index in [1.165, 1.54) is 6.07 Å². The Morgan fingerprint density at radius 1 is 1.38 bits per heavy atom. The molecular formula is C12H12ClFN2. The number of hydrogen-bond acceptors (Lipinski definition) is 1. The van der Waals surface area contributed by atoms with Crippen LogP contribution in [0.5, 0.6) is 0 Å². The molecule has 2 aromatic rings. The summed E-state index contributed by atoms with van der Waals surface area (Å²) in [5, 5.41) is 4.49. The van der Waals surface area contributed by atoms with Crippen LogP contribution in [-0.4, -0.2) is 9.78 Å². The van der Waals surface area contributed by atoms with Crippen LogP contribution in [0, 0.1) is 19.7 Å². The molecule has 0 aliphatic rings. The molecule has 0 aliphatic heterocycles. The molecule has 0 saturated carbocycles. The van der Waals surface area contributed by atoms with Crippen molar-refractivity contribution in [3.05, 3.63) is 52.1 Å². The van der Waals surface area contributed by atoms with Gasteiger partial charge < -0.3 is 0 Å². The molecule has 1 heterocycles. The fourth-order valence-corrected chi connectivity index (χ4v) is 1.85. The summed E-state index contributed by atoms with van der Waals surface area (Å²) in [6.45, 7) is 4.39. The lowest BCUT2D eigenvalue weighted by Crippen LogP contribution is -2.04. The molecule has 0 saturated heterocycles. The summed E-state index contributed by atoms with van der Waals surface area (Å²) in [4.78, 5) is 0. The summed E-state index contributed by atoms with van der Waals surface area (Å²) in [5.74, 6) is -0.388. The highest BCUT2D eigenvalue weighted by Gasteiger charge is 2.08. The van der Waals surface area contributed by atoms with E-state index in [2.05, 4.69) is 5.10 Å². The third-order valence-electron chi connectivity index (χ3n) is 2.46. The molecule has 84 valence electrons. The minimum absolute atomic E-state index is 0.176. The van der Waals surface area contributed by atoms with Gasteiger partial charge in [-0.25, -0.2) is 4.39 Å². The van der Waals surface area contributed by atoms with E-state index in [9.17, 15) is 4.39 Å². The van der Waals surface area contributed by atoms with E-state index < -0.39 is 0 Å². The van der Waals surface area contributed by atoms with E-state index in [4.69, 9.17) is 11.6 Å². The minimum atomic E-state index is -0.388. The topological polar surface area (TPSA) is 17.8 Å². The highest BCUT2D eigenvalue weighted by molar-refractivity contribution is 6.31. The number of aryl methyl sites for hydroxylation is 2. The Bertz CT molecular complexity index is 520. The van der Waals surface area contributed by atoms with Gasteiger partial charge in [0.15, 0.2) is 0 Å². The van der Waals surface area contributed by atoms with Crippen LogP contribution in [0.25, 0.3) is 0 Å². The predicted octanol–water partition coefficient (Wildman–Crippen LogP) is 3.34. The Morgan fingerprint density at radius 2 is 2.12 bits per heavy atom. The maximum atomic E-state index is 13.2. The normalized spacial score (nSPS) is 10.8. The zero-order valence-corrected chi connectivity index (χ0v) is 9.92. The van der Waals surface area contributed by atoms with Crippen molar-refractivity contribution in [1.29, 1.82) is 0 Å². The summed E-state index contributed by atoms with van der Waals surface area (Å²) in [7, 11) is 0. The SMILES string of the molecule is Cc1cc(C)n(Cc2cccc(F)c2Cl)n1. The highest BCUT2D eigenvalue weighted by atomic mass is 35.5. The summed E-state index contributed by atoms with van der Waals surface area (Å²) >= 11 is 5.89. The Balaban J connectivity index is 2.34. The molecule has 0 aliphatic carbocycles. The Morgan fingerprint density at radius 3 is 2.75 bits per heavy atom. The molecule has 0 bridgehead atoms. The molecular weight excluding hydrogens is 227 g/mol. The van der Waals surface area contributed by atoms with Gasteiger partial charge in [-0.2, -0.15) is 5.10 Å². The molecule has 0 N–H and O–H groups in total. The van der Waals surface area contributed by atoms with Crippen molar-refractivity contribution in [3.8, 4) is 0 Å². The van der Waals surface area contributed by atoms with Gasteiger partial charge in [-0.3, -0.25) is 4.68 Å². The average Bonchev–Trinajstić information content (AvgIpc) is 2.53. The van der Waals surface area contributed by atoms with Crippen LogP contribution in [0.1, 0.15) is 17.0 Å². The Kier molecular flexibility index (Phi) is 2.97. The number of halogens is 2. The van der Waals surface area contributed by atoms with Crippen LogP contribution in [0.2, 0.25) is 5.02 Å². The monoisotopic (exact) mass is 238 g/mol. The van der Waals surface area contributed by atoms with E-state index in [0.29, 0.717) is 6.54 Å². The Labute approximate surface area is 98.7 Å². The molecule has 0 fully saturated rings. The molecule has 16 heavy (non-hydrogen) atoms. The lowest BCUT2D eigenvalue weighted by atomic mass is 10.2. The number of benzene rings is 1. The molecule has 0 unspecified atom stereocenters.